The summed E-state index contributed by atoms with van der Waals surface area (Å²) < 4.78 is 5.57. The zero-order chi connectivity index (χ0) is 18.5. The van der Waals surface area contributed by atoms with Crippen molar-refractivity contribution in [2.45, 2.75) is 65.0 Å². The fourth-order valence-corrected chi connectivity index (χ4v) is 4.11. The van der Waals surface area contributed by atoms with Gasteiger partial charge in [-0.25, -0.2) is 0 Å². The molecule has 2 N–H and O–H groups in total. The smallest absolute Gasteiger partial charge is 0.225 e. The quantitative estimate of drug-likeness (QED) is 0.388. The summed E-state index contributed by atoms with van der Waals surface area (Å²) in [6, 6.07) is 2.32. The number of furan rings is 1. The number of rotatable bonds is 4. The van der Waals surface area contributed by atoms with E-state index in [1.807, 2.05) is 18.7 Å². The molecule has 152 valence electrons. The van der Waals surface area contributed by atoms with Crippen LogP contribution in [0.4, 0.5) is 0 Å². The first-order valence-electron chi connectivity index (χ1n) is 9.88. The van der Waals surface area contributed by atoms with E-state index in [-0.39, 0.29) is 35.9 Å². The topological polar surface area (TPSA) is 69.9 Å². The SMILES string of the molecule is CN=C(NCc1cc(C)oc1C)NC1CCN(C(=O)C2CCCCC2)C1.I. The van der Waals surface area contributed by atoms with E-state index in [1.165, 1.54) is 19.3 Å². The maximum absolute atomic E-state index is 12.7. The van der Waals surface area contributed by atoms with Gasteiger partial charge >= 0.3 is 0 Å². The molecule has 0 bridgehead atoms. The second kappa shape index (κ2) is 10.3. The van der Waals surface area contributed by atoms with Crippen molar-refractivity contribution in [2.75, 3.05) is 20.1 Å². The molecule has 1 saturated heterocycles. The van der Waals surface area contributed by atoms with Gasteiger partial charge in [-0.15, -0.1) is 24.0 Å². The number of hydrogen-bond donors (Lipinski definition) is 2. The molecule has 0 aromatic carbocycles. The van der Waals surface area contributed by atoms with Gasteiger partial charge < -0.3 is 20.0 Å². The van der Waals surface area contributed by atoms with Crippen LogP contribution in [-0.2, 0) is 11.3 Å². The van der Waals surface area contributed by atoms with Crippen molar-refractivity contribution in [2.24, 2.45) is 10.9 Å². The summed E-state index contributed by atoms with van der Waals surface area (Å²) in [7, 11) is 1.78. The number of nitrogens with zero attached hydrogens (tertiary/aromatic N) is 2. The van der Waals surface area contributed by atoms with Gasteiger partial charge in [0.25, 0.3) is 0 Å². The molecule has 27 heavy (non-hydrogen) atoms. The van der Waals surface area contributed by atoms with Crippen molar-refractivity contribution in [1.29, 1.82) is 0 Å². The largest absolute Gasteiger partial charge is 0.466 e. The minimum absolute atomic E-state index is 0. The average Bonchev–Trinajstić information content (AvgIpc) is 3.24. The number of hydrogen-bond acceptors (Lipinski definition) is 3. The predicted molar refractivity (Wildman–Crippen MR) is 118 cm³/mol. The van der Waals surface area contributed by atoms with E-state index in [1.54, 1.807) is 7.05 Å². The van der Waals surface area contributed by atoms with Crippen molar-refractivity contribution in [3.8, 4) is 0 Å². The van der Waals surface area contributed by atoms with Crippen LogP contribution >= 0.6 is 24.0 Å². The molecule has 6 nitrogen and oxygen atoms in total. The third kappa shape index (κ3) is 5.86. The average molecular weight is 488 g/mol. The maximum Gasteiger partial charge on any atom is 0.225 e. The number of likely N-dealkylation sites (tertiary alicyclic amines) is 1. The van der Waals surface area contributed by atoms with Crippen molar-refractivity contribution >= 4 is 35.8 Å². The number of aliphatic imine (C=N–C) groups is 1. The number of aryl methyl sites for hydroxylation is 2. The summed E-state index contributed by atoms with van der Waals surface area (Å²) >= 11 is 0. The van der Waals surface area contributed by atoms with Crippen LogP contribution in [0.1, 0.15) is 55.6 Å². The van der Waals surface area contributed by atoms with Gasteiger partial charge in [0.05, 0.1) is 0 Å². The first-order chi connectivity index (χ1) is 12.6. The first-order valence-corrected chi connectivity index (χ1v) is 9.88. The molecule has 0 radical (unpaired) electrons. The molecule has 1 amide bonds. The first kappa shape index (κ1) is 22.0. The maximum atomic E-state index is 12.7. The Morgan fingerprint density at radius 2 is 2.00 bits per heavy atom. The molecule has 1 saturated carbocycles. The lowest BCUT2D eigenvalue weighted by atomic mass is 9.88. The lowest BCUT2D eigenvalue weighted by molar-refractivity contribution is -0.135. The van der Waals surface area contributed by atoms with Gasteiger partial charge in [-0.3, -0.25) is 9.79 Å². The molecule has 1 aromatic rings. The van der Waals surface area contributed by atoms with E-state index in [9.17, 15) is 4.79 Å². The van der Waals surface area contributed by atoms with Gasteiger partial charge in [-0.05, 0) is 39.2 Å². The lowest BCUT2D eigenvalue weighted by Gasteiger charge is -2.26. The van der Waals surface area contributed by atoms with Crippen LogP contribution in [0.2, 0.25) is 0 Å². The fraction of sp³-hybridized carbons (Fsp3) is 0.700. The van der Waals surface area contributed by atoms with E-state index < -0.39 is 0 Å². The molecule has 7 heteroatoms. The standard InChI is InChI=1S/C20H32N4O2.HI/c1-14-11-17(15(2)26-14)12-22-20(21-3)23-18-9-10-24(13-18)19(25)16-7-5-4-6-8-16;/h11,16,18H,4-10,12-13H2,1-3H3,(H2,21,22,23);1H. The zero-order valence-corrected chi connectivity index (χ0v) is 19.0. The molecule has 2 fully saturated rings. The predicted octanol–water partition coefficient (Wildman–Crippen LogP) is 3.36. The van der Waals surface area contributed by atoms with Gasteiger partial charge in [0.1, 0.15) is 11.5 Å². The molecule has 2 heterocycles. The van der Waals surface area contributed by atoms with E-state index in [4.69, 9.17) is 4.42 Å². The Kier molecular flexibility index (Phi) is 8.44. The van der Waals surface area contributed by atoms with Crippen LogP contribution < -0.4 is 10.6 Å². The van der Waals surface area contributed by atoms with Crippen molar-refractivity contribution in [3.63, 3.8) is 0 Å². The van der Waals surface area contributed by atoms with E-state index >= 15 is 0 Å². The third-order valence-electron chi connectivity index (χ3n) is 5.61. The van der Waals surface area contributed by atoms with Gasteiger partial charge in [-0.1, -0.05) is 19.3 Å². The Hall–Kier alpha value is -1.25. The Labute approximate surface area is 179 Å². The number of guanidine groups is 1. The van der Waals surface area contributed by atoms with Crippen LogP contribution in [0.25, 0.3) is 0 Å². The summed E-state index contributed by atoms with van der Waals surface area (Å²) in [5, 5.41) is 6.81. The van der Waals surface area contributed by atoms with E-state index in [2.05, 4.69) is 21.7 Å². The molecule has 1 aromatic heterocycles. The third-order valence-corrected chi connectivity index (χ3v) is 5.61. The van der Waals surface area contributed by atoms with Crippen LogP contribution in [0.5, 0.6) is 0 Å². The Bertz CT molecular complexity index is 652. The number of nitrogens with one attached hydrogen (secondary N) is 2. The highest BCUT2D eigenvalue weighted by atomic mass is 127. The normalized spacial score (nSPS) is 21.1. The number of halogens is 1. The number of amides is 1. The monoisotopic (exact) mass is 488 g/mol. The summed E-state index contributed by atoms with van der Waals surface area (Å²) in [4.78, 5) is 19.1. The highest BCUT2D eigenvalue weighted by Gasteiger charge is 2.31. The highest BCUT2D eigenvalue weighted by molar-refractivity contribution is 14.0. The molecule has 1 aliphatic heterocycles. The van der Waals surface area contributed by atoms with Crippen LogP contribution in [0.3, 0.4) is 0 Å². The molecule has 1 aliphatic carbocycles. The molecule has 1 unspecified atom stereocenters. The minimum Gasteiger partial charge on any atom is -0.466 e. The van der Waals surface area contributed by atoms with Gasteiger partial charge in [-0.2, -0.15) is 0 Å². The summed E-state index contributed by atoms with van der Waals surface area (Å²) in [5.74, 6) is 3.26. The van der Waals surface area contributed by atoms with Gasteiger partial charge in [0.15, 0.2) is 5.96 Å². The van der Waals surface area contributed by atoms with E-state index in [0.29, 0.717) is 12.5 Å². The van der Waals surface area contributed by atoms with Crippen LogP contribution in [0.15, 0.2) is 15.5 Å². The number of carbonyl (C=O) groups is 1. The molecule has 2 aliphatic rings. The summed E-state index contributed by atoms with van der Waals surface area (Å²) in [6.45, 7) is 6.25. The van der Waals surface area contributed by atoms with Crippen molar-refractivity contribution < 1.29 is 9.21 Å². The van der Waals surface area contributed by atoms with Gasteiger partial charge in [0, 0.05) is 44.2 Å². The highest BCUT2D eigenvalue weighted by Crippen LogP contribution is 2.26. The summed E-state index contributed by atoms with van der Waals surface area (Å²) in [6.07, 6.45) is 6.81. The van der Waals surface area contributed by atoms with E-state index in [0.717, 1.165) is 55.4 Å². The lowest BCUT2D eigenvalue weighted by Crippen LogP contribution is -2.45. The van der Waals surface area contributed by atoms with Gasteiger partial charge in [0.2, 0.25) is 5.91 Å². The van der Waals surface area contributed by atoms with Crippen LogP contribution in [-0.4, -0.2) is 42.9 Å². The number of carbonyl (C=O) groups excluding carboxylic acids is 1. The Morgan fingerprint density at radius 1 is 1.26 bits per heavy atom. The molecular weight excluding hydrogens is 455 g/mol. The molecule has 3 rings (SSSR count). The zero-order valence-electron chi connectivity index (χ0n) is 16.7. The summed E-state index contributed by atoms with van der Waals surface area (Å²) in [5.41, 5.74) is 1.14. The molecule has 0 spiro atoms. The fourth-order valence-electron chi connectivity index (χ4n) is 4.11. The molecule has 1 atom stereocenters. The second-order valence-corrected chi connectivity index (χ2v) is 7.61. The Balaban J connectivity index is 0.00000261. The second-order valence-electron chi connectivity index (χ2n) is 7.61. The van der Waals surface area contributed by atoms with Crippen LogP contribution in [0, 0.1) is 19.8 Å². The molecular formula is C20H33IN4O2. The van der Waals surface area contributed by atoms with Crippen molar-refractivity contribution in [3.05, 3.63) is 23.2 Å². The van der Waals surface area contributed by atoms with Crippen molar-refractivity contribution in [1.82, 2.24) is 15.5 Å². The Morgan fingerprint density at radius 3 is 2.63 bits per heavy atom. The minimum atomic E-state index is 0.